The number of benzene rings is 1. The average Bonchev–Trinajstić information content (AvgIpc) is 2.18. The van der Waals surface area contributed by atoms with Crippen LogP contribution in [0, 0.1) is 0 Å². The highest BCUT2D eigenvalue weighted by atomic mass is 32.2. The van der Waals surface area contributed by atoms with Gasteiger partial charge < -0.3 is 10.4 Å². The minimum absolute atomic E-state index is 0.0129. The molecule has 1 aliphatic heterocycles. The Balaban J connectivity index is 2.50. The number of aliphatic hydroxyl groups is 1. The summed E-state index contributed by atoms with van der Waals surface area (Å²) in [5.74, 6) is 0. The first kappa shape index (κ1) is 10.5. The molecule has 0 saturated carbocycles. The summed E-state index contributed by atoms with van der Waals surface area (Å²) >= 11 is 1.24. The molecule has 3 nitrogen and oxygen atoms in total. The van der Waals surface area contributed by atoms with E-state index in [0.717, 1.165) is 16.1 Å². The number of carbonyl (C=O) groups is 1. The Morgan fingerprint density at radius 2 is 2.20 bits per heavy atom. The SMILES string of the molecule is CC1(C)Nc2c(CO)cccc2SC1=O. The predicted octanol–water partition coefficient (Wildman–Crippen LogP) is 2.00. The number of fused-ring (bicyclic) bond motifs is 1. The lowest BCUT2D eigenvalue weighted by atomic mass is 10.0. The molecule has 0 spiro atoms. The van der Waals surface area contributed by atoms with Gasteiger partial charge in [0, 0.05) is 10.5 Å². The molecule has 0 aliphatic carbocycles. The number of anilines is 1. The van der Waals surface area contributed by atoms with E-state index in [4.69, 9.17) is 0 Å². The highest BCUT2D eigenvalue weighted by molar-refractivity contribution is 8.14. The van der Waals surface area contributed by atoms with Crippen LogP contribution in [0.3, 0.4) is 0 Å². The van der Waals surface area contributed by atoms with Crippen LogP contribution in [0.5, 0.6) is 0 Å². The summed E-state index contributed by atoms with van der Waals surface area (Å²) in [6.07, 6.45) is 0. The molecular formula is C11H13NO2S. The van der Waals surface area contributed by atoms with Crippen LogP contribution >= 0.6 is 11.8 Å². The van der Waals surface area contributed by atoms with E-state index in [1.54, 1.807) is 0 Å². The molecule has 15 heavy (non-hydrogen) atoms. The van der Waals surface area contributed by atoms with Crippen molar-refractivity contribution in [3.8, 4) is 0 Å². The zero-order valence-electron chi connectivity index (χ0n) is 8.70. The van der Waals surface area contributed by atoms with Gasteiger partial charge >= 0.3 is 0 Å². The van der Waals surface area contributed by atoms with E-state index in [1.807, 2.05) is 32.0 Å². The molecule has 0 unspecified atom stereocenters. The molecule has 80 valence electrons. The number of hydrogen-bond donors (Lipinski definition) is 2. The van der Waals surface area contributed by atoms with Gasteiger partial charge in [0.1, 0.15) is 5.54 Å². The molecule has 1 aromatic carbocycles. The molecule has 0 amide bonds. The first-order valence-electron chi connectivity index (χ1n) is 4.78. The molecule has 0 radical (unpaired) electrons. The van der Waals surface area contributed by atoms with Crippen molar-refractivity contribution >= 4 is 22.6 Å². The highest BCUT2D eigenvalue weighted by Gasteiger charge is 2.34. The predicted molar refractivity (Wildman–Crippen MR) is 60.9 cm³/mol. The number of rotatable bonds is 1. The normalized spacial score (nSPS) is 18.2. The minimum Gasteiger partial charge on any atom is -0.392 e. The molecule has 1 heterocycles. The topological polar surface area (TPSA) is 49.3 Å². The van der Waals surface area contributed by atoms with Gasteiger partial charge in [0.15, 0.2) is 0 Å². The van der Waals surface area contributed by atoms with E-state index in [-0.39, 0.29) is 11.7 Å². The fourth-order valence-electron chi connectivity index (χ4n) is 1.53. The van der Waals surface area contributed by atoms with E-state index >= 15 is 0 Å². The number of aliphatic hydroxyl groups excluding tert-OH is 1. The van der Waals surface area contributed by atoms with Crippen molar-refractivity contribution in [1.29, 1.82) is 0 Å². The van der Waals surface area contributed by atoms with E-state index < -0.39 is 5.54 Å². The van der Waals surface area contributed by atoms with Crippen LogP contribution in [0.15, 0.2) is 23.1 Å². The van der Waals surface area contributed by atoms with Gasteiger partial charge in [-0.2, -0.15) is 0 Å². The third kappa shape index (κ3) is 1.75. The molecular weight excluding hydrogens is 210 g/mol. The van der Waals surface area contributed by atoms with Crippen molar-refractivity contribution < 1.29 is 9.90 Å². The standard InChI is InChI=1S/C11H13NO2S/c1-11(2)10(14)15-8-5-3-4-7(6-13)9(8)12-11/h3-5,12-13H,6H2,1-2H3. The van der Waals surface area contributed by atoms with Crippen LogP contribution in [0.2, 0.25) is 0 Å². The Morgan fingerprint density at radius 3 is 2.87 bits per heavy atom. The maximum Gasteiger partial charge on any atom is 0.218 e. The fourth-order valence-corrected chi connectivity index (χ4v) is 2.46. The maximum absolute atomic E-state index is 11.7. The van der Waals surface area contributed by atoms with Gasteiger partial charge in [-0.1, -0.05) is 12.1 Å². The second-order valence-corrected chi connectivity index (χ2v) is 5.10. The summed E-state index contributed by atoms with van der Waals surface area (Å²) in [6.45, 7) is 3.68. The molecule has 2 rings (SSSR count). The molecule has 0 atom stereocenters. The van der Waals surface area contributed by atoms with E-state index in [2.05, 4.69) is 5.32 Å². The summed E-state index contributed by atoms with van der Waals surface area (Å²) < 4.78 is 0. The Kier molecular flexibility index (Phi) is 2.48. The number of nitrogens with one attached hydrogen (secondary N) is 1. The van der Waals surface area contributed by atoms with Gasteiger partial charge in [0.05, 0.1) is 12.3 Å². The molecule has 4 heteroatoms. The largest absolute Gasteiger partial charge is 0.392 e. The van der Waals surface area contributed by atoms with Crippen molar-refractivity contribution in [2.75, 3.05) is 5.32 Å². The van der Waals surface area contributed by atoms with Gasteiger partial charge in [-0.15, -0.1) is 0 Å². The van der Waals surface area contributed by atoms with E-state index in [9.17, 15) is 9.90 Å². The highest BCUT2D eigenvalue weighted by Crippen LogP contribution is 2.40. The van der Waals surface area contributed by atoms with Crippen LogP contribution in [0.25, 0.3) is 0 Å². The lowest BCUT2D eigenvalue weighted by Crippen LogP contribution is -2.41. The van der Waals surface area contributed by atoms with Crippen molar-refractivity contribution in [3.63, 3.8) is 0 Å². The van der Waals surface area contributed by atoms with Gasteiger partial charge in [-0.3, -0.25) is 4.79 Å². The zero-order chi connectivity index (χ0) is 11.1. The second kappa shape index (κ2) is 3.54. The second-order valence-electron chi connectivity index (χ2n) is 4.09. The van der Waals surface area contributed by atoms with Crippen LogP contribution in [-0.2, 0) is 11.4 Å². The summed E-state index contributed by atoms with van der Waals surface area (Å²) in [6, 6.07) is 5.60. The van der Waals surface area contributed by atoms with Gasteiger partial charge in [-0.25, -0.2) is 0 Å². The fraction of sp³-hybridized carbons (Fsp3) is 0.364. The monoisotopic (exact) mass is 223 g/mol. The summed E-state index contributed by atoms with van der Waals surface area (Å²) in [4.78, 5) is 12.6. The number of thioether (sulfide) groups is 1. The first-order chi connectivity index (χ1) is 7.04. The maximum atomic E-state index is 11.7. The molecule has 0 aromatic heterocycles. The number of para-hydroxylation sites is 1. The molecule has 0 bridgehead atoms. The van der Waals surface area contributed by atoms with Gasteiger partial charge in [0.2, 0.25) is 5.12 Å². The third-order valence-electron chi connectivity index (χ3n) is 2.43. The Bertz CT molecular complexity index is 415. The number of hydrogen-bond acceptors (Lipinski definition) is 4. The smallest absolute Gasteiger partial charge is 0.218 e. The first-order valence-corrected chi connectivity index (χ1v) is 5.59. The summed E-state index contributed by atoms with van der Waals surface area (Å²) in [5, 5.41) is 12.5. The third-order valence-corrected chi connectivity index (χ3v) is 3.69. The van der Waals surface area contributed by atoms with E-state index in [1.165, 1.54) is 11.8 Å². The van der Waals surface area contributed by atoms with Crippen LogP contribution in [0.1, 0.15) is 19.4 Å². The number of carbonyl (C=O) groups excluding carboxylic acids is 1. The van der Waals surface area contributed by atoms with Crippen LogP contribution < -0.4 is 5.32 Å². The van der Waals surface area contributed by atoms with Crippen LogP contribution in [-0.4, -0.2) is 15.8 Å². The quantitative estimate of drug-likeness (QED) is 0.764. The Labute approximate surface area is 92.9 Å². The van der Waals surface area contributed by atoms with Crippen molar-refractivity contribution in [3.05, 3.63) is 23.8 Å². The lowest BCUT2D eigenvalue weighted by Gasteiger charge is -2.32. The zero-order valence-corrected chi connectivity index (χ0v) is 9.52. The Hall–Kier alpha value is -1.00. The minimum atomic E-state index is -0.567. The van der Waals surface area contributed by atoms with Crippen molar-refractivity contribution in [2.45, 2.75) is 30.9 Å². The summed E-state index contributed by atoms with van der Waals surface area (Å²) in [7, 11) is 0. The van der Waals surface area contributed by atoms with Crippen LogP contribution in [0.4, 0.5) is 5.69 Å². The molecule has 0 saturated heterocycles. The summed E-state index contributed by atoms with van der Waals surface area (Å²) in [5.41, 5.74) is 1.15. The molecule has 1 aliphatic rings. The molecule has 1 aromatic rings. The van der Waals surface area contributed by atoms with Gasteiger partial charge in [-0.05, 0) is 31.7 Å². The van der Waals surface area contributed by atoms with Crippen molar-refractivity contribution in [1.82, 2.24) is 0 Å². The Morgan fingerprint density at radius 1 is 1.47 bits per heavy atom. The van der Waals surface area contributed by atoms with E-state index in [0.29, 0.717) is 0 Å². The average molecular weight is 223 g/mol. The lowest BCUT2D eigenvalue weighted by molar-refractivity contribution is -0.114. The molecule has 0 fully saturated rings. The van der Waals surface area contributed by atoms with Crippen molar-refractivity contribution in [2.24, 2.45) is 0 Å². The molecule has 2 N–H and O–H groups in total. The van der Waals surface area contributed by atoms with Gasteiger partial charge in [0.25, 0.3) is 0 Å².